The minimum atomic E-state index is -3.39. The molecule has 0 atom stereocenters. The van der Waals surface area contributed by atoms with Crippen LogP contribution in [0.1, 0.15) is 45.1 Å². The number of benzene rings is 1. The number of hydrogen-bond donors (Lipinski definition) is 2. The molecule has 0 unspecified atom stereocenters. The molecule has 1 aromatic rings. The van der Waals surface area contributed by atoms with Crippen LogP contribution < -0.4 is 10.6 Å². The molecule has 26 heavy (non-hydrogen) atoms. The van der Waals surface area contributed by atoms with Gasteiger partial charge in [0.1, 0.15) is 0 Å². The number of nitrogens with one attached hydrogen (secondary N) is 2. The summed E-state index contributed by atoms with van der Waals surface area (Å²) < 4.78 is 27.2. The van der Waals surface area contributed by atoms with Crippen molar-refractivity contribution in [1.29, 1.82) is 0 Å². The van der Waals surface area contributed by atoms with E-state index in [9.17, 15) is 8.42 Å². The van der Waals surface area contributed by atoms with E-state index in [2.05, 4.69) is 29.5 Å². The molecule has 1 fully saturated rings. The van der Waals surface area contributed by atoms with Gasteiger partial charge < -0.3 is 10.6 Å². The van der Waals surface area contributed by atoms with Crippen molar-refractivity contribution in [3.05, 3.63) is 29.8 Å². The normalized spacial score (nSPS) is 16.7. The number of aliphatic imine (C=N–C) groups is 1. The Morgan fingerprint density at radius 1 is 1.19 bits per heavy atom. The Labute approximate surface area is 158 Å². The van der Waals surface area contributed by atoms with Crippen molar-refractivity contribution >= 4 is 16.0 Å². The zero-order chi connectivity index (χ0) is 19.0. The second-order valence-corrected chi connectivity index (χ2v) is 9.09. The van der Waals surface area contributed by atoms with Crippen molar-refractivity contribution < 1.29 is 8.42 Å². The standard InChI is InChI=1S/C19H32N4O2S/c1-16(2)10-11-21-19(20-3)22-15-17-8-7-9-18(14-17)26(24,25)23-12-5-4-6-13-23/h7-9,14,16H,4-6,10-13,15H2,1-3H3,(H2,20,21,22). The van der Waals surface area contributed by atoms with E-state index in [1.54, 1.807) is 23.5 Å². The second-order valence-electron chi connectivity index (χ2n) is 7.15. The highest BCUT2D eigenvalue weighted by atomic mass is 32.2. The van der Waals surface area contributed by atoms with Gasteiger partial charge in [0.2, 0.25) is 10.0 Å². The Morgan fingerprint density at radius 3 is 2.58 bits per heavy atom. The number of nitrogens with zero attached hydrogens (tertiary/aromatic N) is 2. The van der Waals surface area contributed by atoms with Crippen LogP contribution in [0.25, 0.3) is 0 Å². The number of piperidine rings is 1. The van der Waals surface area contributed by atoms with Crippen LogP contribution in [0.4, 0.5) is 0 Å². The third-order valence-corrected chi connectivity index (χ3v) is 6.44. The molecule has 1 aliphatic rings. The SMILES string of the molecule is CN=C(NCCC(C)C)NCc1cccc(S(=O)(=O)N2CCCCC2)c1. The van der Waals surface area contributed by atoms with E-state index in [4.69, 9.17) is 0 Å². The lowest BCUT2D eigenvalue weighted by Gasteiger charge is -2.26. The van der Waals surface area contributed by atoms with E-state index in [1.165, 1.54) is 0 Å². The van der Waals surface area contributed by atoms with Gasteiger partial charge in [0.05, 0.1) is 4.90 Å². The van der Waals surface area contributed by atoms with E-state index >= 15 is 0 Å². The maximum absolute atomic E-state index is 12.8. The molecule has 6 nitrogen and oxygen atoms in total. The quantitative estimate of drug-likeness (QED) is 0.563. The Bertz CT molecular complexity index is 695. The van der Waals surface area contributed by atoms with E-state index < -0.39 is 10.0 Å². The number of sulfonamides is 1. The summed E-state index contributed by atoms with van der Waals surface area (Å²) in [5.41, 5.74) is 0.926. The van der Waals surface area contributed by atoms with Gasteiger partial charge in [-0.3, -0.25) is 4.99 Å². The van der Waals surface area contributed by atoms with Crippen molar-refractivity contribution in [3.63, 3.8) is 0 Å². The van der Waals surface area contributed by atoms with Gasteiger partial charge in [0.15, 0.2) is 5.96 Å². The molecule has 1 saturated heterocycles. The summed E-state index contributed by atoms with van der Waals surface area (Å²) in [4.78, 5) is 4.59. The van der Waals surface area contributed by atoms with Gasteiger partial charge in [-0.05, 0) is 42.9 Å². The Hall–Kier alpha value is -1.60. The average molecular weight is 381 g/mol. The summed E-state index contributed by atoms with van der Waals surface area (Å²) >= 11 is 0. The Morgan fingerprint density at radius 2 is 1.92 bits per heavy atom. The Balaban J connectivity index is 1.98. The molecule has 1 heterocycles. The first kappa shape index (κ1) is 20.7. The van der Waals surface area contributed by atoms with E-state index in [1.807, 2.05) is 12.1 Å². The molecule has 146 valence electrons. The lowest BCUT2D eigenvalue weighted by molar-refractivity contribution is 0.346. The fourth-order valence-electron chi connectivity index (χ4n) is 2.96. The maximum Gasteiger partial charge on any atom is 0.243 e. The van der Waals surface area contributed by atoms with Crippen molar-refractivity contribution in [3.8, 4) is 0 Å². The molecule has 7 heteroatoms. The summed E-state index contributed by atoms with van der Waals surface area (Å²) in [5.74, 6) is 1.37. The predicted molar refractivity (Wildman–Crippen MR) is 107 cm³/mol. The van der Waals surface area contributed by atoms with Crippen LogP contribution >= 0.6 is 0 Å². The lowest BCUT2D eigenvalue weighted by Crippen LogP contribution is -2.37. The van der Waals surface area contributed by atoms with Crippen molar-refractivity contribution in [1.82, 2.24) is 14.9 Å². The summed E-state index contributed by atoms with van der Waals surface area (Å²) in [6.45, 7) is 7.01. The summed E-state index contributed by atoms with van der Waals surface area (Å²) in [6.07, 6.45) is 4.07. The molecule has 0 amide bonds. The first-order chi connectivity index (χ1) is 12.4. The van der Waals surface area contributed by atoms with E-state index in [0.29, 0.717) is 30.4 Å². The summed E-state index contributed by atoms with van der Waals surface area (Å²) in [6, 6.07) is 7.19. The molecule has 0 bridgehead atoms. The topological polar surface area (TPSA) is 73.8 Å². The fourth-order valence-corrected chi connectivity index (χ4v) is 4.54. The third kappa shape index (κ3) is 5.99. The largest absolute Gasteiger partial charge is 0.356 e. The first-order valence-electron chi connectivity index (χ1n) is 9.47. The summed E-state index contributed by atoms with van der Waals surface area (Å²) in [7, 11) is -1.65. The van der Waals surface area contributed by atoms with Gasteiger partial charge in [0.25, 0.3) is 0 Å². The molecule has 0 aromatic heterocycles. The van der Waals surface area contributed by atoms with Crippen LogP contribution in [-0.4, -0.2) is 45.4 Å². The van der Waals surface area contributed by atoms with Crippen LogP contribution in [0.3, 0.4) is 0 Å². The summed E-state index contributed by atoms with van der Waals surface area (Å²) in [5, 5.41) is 6.53. The fraction of sp³-hybridized carbons (Fsp3) is 0.632. The maximum atomic E-state index is 12.8. The van der Waals surface area contributed by atoms with Crippen LogP contribution in [0.2, 0.25) is 0 Å². The van der Waals surface area contributed by atoms with Gasteiger partial charge in [-0.2, -0.15) is 4.31 Å². The molecule has 1 aliphatic heterocycles. The lowest BCUT2D eigenvalue weighted by atomic mass is 10.1. The molecule has 0 saturated carbocycles. The zero-order valence-corrected chi connectivity index (χ0v) is 17.0. The smallest absolute Gasteiger partial charge is 0.243 e. The molecule has 2 rings (SSSR count). The molecule has 1 aromatic carbocycles. The van der Waals surface area contributed by atoms with Crippen LogP contribution in [0.15, 0.2) is 34.2 Å². The minimum absolute atomic E-state index is 0.376. The molecule has 0 radical (unpaired) electrons. The highest BCUT2D eigenvalue weighted by Gasteiger charge is 2.25. The van der Waals surface area contributed by atoms with Gasteiger partial charge in [-0.25, -0.2) is 8.42 Å². The van der Waals surface area contributed by atoms with Gasteiger partial charge in [-0.1, -0.05) is 32.4 Å². The first-order valence-corrected chi connectivity index (χ1v) is 10.9. The second kappa shape index (κ2) is 9.92. The predicted octanol–water partition coefficient (Wildman–Crippen LogP) is 2.57. The number of hydrogen-bond acceptors (Lipinski definition) is 3. The number of guanidine groups is 1. The molecule has 0 spiro atoms. The van der Waals surface area contributed by atoms with Gasteiger partial charge >= 0.3 is 0 Å². The minimum Gasteiger partial charge on any atom is -0.356 e. The monoisotopic (exact) mass is 380 g/mol. The molecule has 2 N–H and O–H groups in total. The van der Waals surface area contributed by atoms with Crippen LogP contribution in [0.5, 0.6) is 0 Å². The van der Waals surface area contributed by atoms with Crippen LogP contribution in [-0.2, 0) is 16.6 Å². The highest BCUT2D eigenvalue weighted by molar-refractivity contribution is 7.89. The Kier molecular flexibility index (Phi) is 7.90. The highest BCUT2D eigenvalue weighted by Crippen LogP contribution is 2.21. The van der Waals surface area contributed by atoms with Gasteiger partial charge in [0, 0.05) is 33.2 Å². The third-order valence-electron chi connectivity index (χ3n) is 4.55. The number of rotatable bonds is 7. The van der Waals surface area contributed by atoms with Crippen LogP contribution in [0, 0.1) is 5.92 Å². The molecular formula is C19H32N4O2S. The van der Waals surface area contributed by atoms with Crippen molar-refractivity contribution in [2.24, 2.45) is 10.9 Å². The van der Waals surface area contributed by atoms with E-state index in [0.717, 1.165) is 43.8 Å². The van der Waals surface area contributed by atoms with Gasteiger partial charge in [-0.15, -0.1) is 0 Å². The van der Waals surface area contributed by atoms with Crippen molar-refractivity contribution in [2.75, 3.05) is 26.7 Å². The average Bonchev–Trinajstić information content (AvgIpc) is 2.65. The zero-order valence-electron chi connectivity index (χ0n) is 16.2. The molecule has 0 aliphatic carbocycles. The molecular weight excluding hydrogens is 348 g/mol. The van der Waals surface area contributed by atoms with E-state index in [-0.39, 0.29) is 0 Å². The van der Waals surface area contributed by atoms with Crippen molar-refractivity contribution in [2.45, 2.75) is 51.0 Å².